The van der Waals surface area contributed by atoms with E-state index in [0.717, 1.165) is 12.8 Å². The fourth-order valence-electron chi connectivity index (χ4n) is 1.53. The van der Waals surface area contributed by atoms with Crippen molar-refractivity contribution in [3.8, 4) is 0 Å². The van der Waals surface area contributed by atoms with E-state index >= 15 is 0 Å². The first kappa shape index (κ1) is 8.53. The summed E-state index contributed by atoms with van der Waals surface area (Å²) in [5.41, 5.74) is 0. The fraction of sp³-hybridized carbons (Fsp3) is 0.875. The highest BCUT2D eigenvalue weighted by Gasteiger charge is 2.23. The predicted molar refractivity (Wildman–Crippen MR) is 42.0 cm³/mol. The summed E-state index contributed by atoms with van der Waals surface area (Å²) in [6, 6.07) is 0.560. The third kappa shape index (κ3) is 2.50. The molecule has 1 N–H and O–H groups in total. The Morgan fingerprint density at radius 1 is 1.64 bits per heavy atom. The molecular weight excluding hydrogens is 142 g/mol. The Kier molecular flexibility index (Phi) is 3.36. The molecule has 0 amide bonds. The van der Waals surface area contributed by atoms with Gasteiger partial charge in [0.05, 0.1) is 0 Å². The summed E-state index contributed by atoms with van der Waals surface area (Å²) < 4.78 is 4.79. The van der Waals surface area contributed by atoms with Crippen LogP contribution in [0.2, 0.25) is 0 Å². The molecule has 0 spiro atoms. The highest BCUT2D eigenvalue weighted by molar-refractivity contribution is 5.37. The standard InChI is InChI=1S/C8H15NO2/c1-2-3-7-4-5-8(9-7)11-6-10/h6-9H,2-5H2,1H3/t7-,8-/m0/s1. The van der Waals surface area contributed by atoms with Crippen LogP contribution in [0.25, 0.3) is 0 Å². The average molecular weight is 157 g/mol. The van der Waals surface area contributed by atoms with Gasteiger partial charge in [-0.2, -0.15) is 0 Å². The van der Waals surface area contributed by atoms with Gasteiger partial charge in [-0.05, 0) is 19.3 Å². The van der Waals surface area contributed by atoms with Gasteiger partial charge in [0, 0.05) is 6.04 Å². The Balaban J connectivity index is 2.17. The van der Waals surface area contributed by atoms with Crippen molar-refractivity contribution in [3.05, 3.63) is 0 Å². The number of hydrogen-bond donors (Lipinski definition) is 1. The van der Waals surface area contributed by atoms with Crippen molar-refractivity contribution >= 4 is 6.47 Å². The van der Waals surface area contributed by atoms with Crippen molar-refractivity contribution in [1.29, 1.82) is 0 Å². The second kappa shape index (κ2) is 4.34. The molecule has 1 rings (SSSR count). The number of ether oxygens (including phenoxy) is 1. The van der Waals surface area contributed by atoms with Gasteiger partial charge < -0.3 is 4.74 Å². The zero-order valence-corrected chi connectivity index (χ0v) is 6.88. The summed E-state index contributed by atoms with van der Waals surface area (Å²) in [6.45, 7) is 2.68. The summed E-state index contributed by atoms with van der Waals surface area (Å²) in [7, 11) is 0. The summed E-state index contributed by atoms with van der Waals surface area (Å²) >= 11 is 0. The smallest absolute Gasteiger partial charge is 0.294 e. The van der Waals surface area contributed by atoms with Crippen LogP contribution in [0.1, 0.15) is 32.6 Å². The number of hydrogen-bond acceptors (Lipinski definition) is 3. The molecule has 0 unspecified atom stereocenters. The second-order valence-electron chi connectivity index (χ2n) is 2.95. The van der Waals surface area contributed by atoms with Crippen molar-refractivity contribution in [2.45, 2.75) is 44.9 Å². The van der Waals surface area contributed by atoms with E-state index in [1.807, 2.05) is 0 Å². The van der Waals surface area contributed by atoms with Crippen LogP contribution < -0.4 is 5.32 Å². The van der Waals surface area contributed by atoms with Crippen LogP contribution in [0.5, 0.6) is 0 Å². The van der Waals surface area contributed by atoms with Gasteiger partial charge in [-0.3, -0.25) is 10.1 Å². The van der Waals surface area contributed by atoms with E-state index in [4.69, 9.17) is 4.74 Å². The van der Waals surface area contributed by atoms with Crippen LogP contribution in [-0.4, -0.2) is 18.7 Å². The largest absolute Gasteiger partial charge is 0.449 e. The summed E-state index contributed by atoms with van der Waals surface area (Å²) in [6.07, 6.45) is 4.43. The molecule has 0 aliphatic carbocycles. The van der Waals surface area contributed by atoms with Gasteiger partial charge in [-0.25, -0.2) is 0 Å². The van der Waals surface area contributed by atoms with Gasteiger partial charge >= 0.3 is 0 Å². The van der Waals surface area contributed by atoms with Crippen LogP contribution in [-0.2, 0) is 9.53 Å². The van der Waals surface area contributed by atoms with Crippen LogP contribution in [0, 0.1) is 0 Å². The van der Waals surface area contributed by atoms with Crippen LogP contribution in [0.4, 0.5) is 0 Å². The molecule has 2 atom stereocenters. The van der Waals surface area contributed by atoms with Crippen molar-refractivity contribution in [1.82, 2.24) is 5.32 Å². The van der Waals surface area contributed by atoms with Crippen LogP contribution in [0.15, 0.2) is 0 Å². The van der Waals surface area contributed by atoms with E-state index in [2.05, 4.69) is 12.2 Å². The molecule has 0 radical (unpaired) electrons. The summed E-state index contributed by atoms with van der Waals surface area (Å²) in [5.74, 6) is 0. The monoisotopic (exact) mass is 157 g/mol. The molecule has 0 aromatic heterocycles. The second-order valence-corrected chi connectivity index (χ2v) is 2.95. The SMILES string of the molecule is CCC[C@H]1CC[C@H](OC=O)N1. The van der Waals surface area contributed by atoms with Gasteiger partial charge in [0.15, 0.2) is 6.23 Å². The highest BCUT2D eigenvalue weighted by Crippen LogP contribution is 2.16. The molecule has 0 bridgehead atoms. The zero-order valence-electron chi connectivity index (χ0n) is 6.88. The average Bonchev–Trinajstić information content (AvgIpc) is 2.38. The van der Waals surface area contributed by atoms with Gasteiger partial charge in [-0.1, -0.05) is 13.3 Å². The van der Waals surface area contributed by atoms with Crippen molar-refractivity contribution in [2.75, 3.05) is 0 Å². The van der Waals surface area contributed by atoms with Crippen molar-refractivity contribution in [2.24, 2.45) is 0 Å². The lowest BCUT2D eigenvalue weighted by atomic mass is 10.1. The molecule has 1 aliphatic heterocycles. The lowest BCUT2D eigenvalue weighted by Crippen LogP contribution is -2.30. The quantitative estimate of drug-likeness (QED) is 0.619. The minimum absolute atomic E-state index is 0.0240. The maximum Gasteiger partial charge on any atom is 0.294 e. The Bertz CT molecular complexity index is 127. The van der Waals surface area contributed by atoms with E-state index in [-0.39, 0.29) is 6.23 Å². The maximum atomic E-state index is 9.96. The molecule has 1 saturated heterocycles. The lowest BCUT2D eigenvalue weighted by molar-refractivity contribution is -0.134. The molecule has 64 valence electrons. The van der Waals surface area contributed by atoms with Gasteiger partial charge in [-0.15, -0.1) is 0 Å². The van der Waals surface area contributed by atoms with E-state index in [1.165, 1.54) is 12.8 Å². The summed E-state index contributed by atoms with van der Waals surface area (Å²) in [5, 5.41) is 3.24. The molecule has 3 nitrogen and oxygen atoms in total. The Labute approximate surface area is 67.1 Å². The molecule has 3 heteroatoms. The van der Waals surface area contributed by atoms with Crippen LogP contribution in [0.3, 0.4) is 0 Å². The van der Waals surface area contributed by atoms with E-state index in [0.29, 0.717) is 12.5 Å². The molecule has 0 saturated carbocycles. The predicted octanol–water partition coefficient (Wildman–Crippen LogP) is 1.04. The van der Waals surface area contributed by atoms with E-state index in [9.17, 15) is 4.79 Å². The van der Waals surface area contributed by atoms with E-state index in [1.54, 1.807) is 0 Å². The number of nitrogens with one attached hydrogen (secondary N) is 1. The fourth-order valence-corrected chi connectivity index (χ4v) is 1.53. The normalized spacial score (nSPS) is 30.3. The Hall–Kier alpha value is -0.570. The van der Waals surface area contributed by atoms with E-state index < -0.39 is 0 Å². The van der Waals surface area contributed by atoms with Crippen LogP contribution >= 0.6 is 0 Å². The van der Waals surface area contributed by atoms with Gasteiger partial charge in [0.25, 0.3) is 6.47 Å². The first-order chi connectivity index (χ1) is 5.36. The Morgan fingerprint density at radius 2 is 2.45 bits per heavy atom. The molecule has 1 fully saturated rings. The molecule has 11 heavy (non-hydrogen) atoms. The molecule has 0 aromatic carbocycles. The zero-order chi connectivity index (χ0) is 8.10. The topological polar surface area (TPSA) is 38.3 Å². The highest BCUT2D eigenvalue weighted by atomic mass is 16.5. The summed E-state index contributed by atoms with van der Waals surface area (Å²) in [4.78, 5) is 9.96. The number of rotatable bonds is 4. The lowest BCUT2D eigenvalue weighted by Gasteiger charge is -2.11. The first-order valence-corrected chi connectivity index (χ1v) is 4.22. The molecule has 1 aliphatic rings. The van der Waals surface area contributed by atoms with Crippen molar-refractivity contribution < 1.29 is 9.53 Å². The first-order valence-electron chi connectivity index (χ1n) is 4.22. The van der Waals surface area contributed by atoms with Gasteiger partial charge in [0.2, 0.25) is 0 Å². The molecular formula is C8H15NO2. The Morgan fingerprint density at radius 3 is 3.09 bits per heavy atom. The third-order valence-electron chi connectivity index (χ3n) is 2.06. The third-order valence-corrected chi connectivity index (χ3v) is 2.06. The van der Waals surface area contributed by atoms with Crippen molar-refractivity contribution in [3.63, 3.8) is 0 Å². The molecule has 1 heterocycles. The maximum absolute atomic E-state index is 9.96. The molecule has 0 aromatic rings. The van der Waals surface area contributed by atoms with Gasteiger partial charge in [0.1, 0.15) is 0 Å². The number of carbonyl (C=O) groups excluding carboxylic acids is 1. The minimum Gasteiger partial charge on any atom is -0.449 e. The minimum atomic E-state index is -0.0240. The number of carbonyl (C=O) groups is 1.